The summed E-state index contributed by atoms with van der Waals surface area (Å²) in [5.74, 6) is 2.03. The van der Waals surface area contributed by atoms with E-state index in [-0.39, 0.29) is 0 Å². The fourth-order valence-electron chi connectivity index (χ4n) is 3.40. The summed E-state index contributed by atoms with van der Waals surface area (Å²) in [6.07, 6.45) is 3.54. The van der Waals surface area contributed by atoms with Crippen LogP contribution in [-0.4, -0.2) is 77.1 Å². The molecule has 8 heteroatoms. The first-order valence-corrected chi connectivity index (χ1v) is 8.88. The second-order valence-corrected chi connectivity index (χ2v) is 6.54. The van der Waals surface area contributed by atoms with Crippen LogP contribution < -0.4 is 9.80 Å². The quantitative estimate of drug-likeness (QED) is 0.795. The Morgan fingerprint density at radius 2 is 1.64 bits per heavy atom. The van der Waals surface area contributed by atoms with Crippen molar-refractivity contribution in [1.82, 2.24) is 24.6 Å². The van der Waals surface area contributed by atoms with Crippen molar-refractivity contribution in [3.05, 3.63) is 30.4 Å². The van der Waals surface area contributed by atoms with Crippen molar-refractivity contribution in [2.45, 2.75) is 6.54 Å². The zero-order chi connectivity index (χ0) is 17.1. The number of nitrogens with zero attached hydrogens (tertiary/aromatic N) is 7. The van der Waals surface area contributed by atoms with Gasteiger partial charge in [-0.1, -0.05) is 0 Å². The summed E-state index contributed by atoms with van der Waals surface area (Å²) in [6.45, 7) is 8.31. The predicted octanol–water partition coefficient (Wildman–Crippen LogP) is 0.369. The predicted molar refractivity (Wildman–Crippen MR) is 95.8 cm³/mol. The molecule has 2 fully saturated rings. The van der Waals surface area contributed by atoms with E-state index in [1.165, 1.54) is 5.69 Å². The van der Waals surface area contributed by atoms with Crippen molar-refractivity contribution in [2.24, 2.45) is 7.05 Å². The molecule has 0 saturated carbocycles. The van der Waals surface area contributed by atoms with Crippen molar-refractivity contribution < 1.29 is 4.74 Å². The maximum atomic E-state index is 5.42. The lowest BCUT2D eigenvalue weighted by atomic mass is 10.2. The first-order valence-electron chi connectivity index (χ1n) is 8.88. The van der Waals surface area contributed by atoms with E-state index in [1.54, 1.807) is 6.33 Å². The number of hydrogen-bond acceptors (Lipinski definition) is 7. The first kappa shape index (κ1) is 16.3. The van der Waals surface area contributed by atoms with E-state index in [1.807, 2.05) is 17.9 Å². The van der Waals surface area contributed by atoms with Crippen LogP contribution in [0.4, 0.5) is 11.6 Å². The van der Waals surface area contributed by atoms with E-state index in [0.29, 0.717) is 0 Å². The van der Waals surface area contributed by atoms with E-state index < -0.39 is 0 Å². The third-order valence-electron chi connectivity index (χ3n) is 4.98. The summed E-state index contributed by atoms with van der Waals surface area (Å²) < 4.78 is 7.37. The smallest absolute Gasteiger partial charge is 0.134 e. The van der Waals surface area contributed by atoms with E-state index in [9.17, 15) is 0 Å². The standard InChI is InChI=1S/C17H25N7O/c1-21-15(2-3-20-21)13-22-4-6-23(7-5-22)16-12-17(19-14-18-16)24-8-10-25-11-9-24/h2-3,12,14H,4-11,13H2,1H3. The average molecular weight is 343 g/mol. The van der Waals surface area contributed by atoms with Gasteiger partial charge in [0.1, 0.15) is 18.0 Å². The number of aromatic nitrogens is 4. The van der Waals surface area contributed by atoms with Crippen LogP contribution in [0.3, 0.4) is 0 Å². The van der Waals surface area contributed by atoms with Crippen LogP contribution in [0.5, 0.6) is 0 Å². The molecule has 0 unspecified atom stereocenters. The number of anilines is 2. The minimum absolute atomic E-state index is 0.770. The highest BCUT2D eigenvalue weighted by atomic mass is 16.5. The number of ether oxygens (including phenoxy) is 1. The topological polar surface area (TPSA) is 62.6 Å². The van der Waals surface area contributed by atoms with Gasteiger partial charge in [0.2, 0.25) is 0 Å². The van der Waals surface area contributed by atoms with Crippen LogP contribution >= 0.6 is 0 Å². The molecule has 2 aliphatic heterocycles. The Kier molecular flexibility index (Phi) is 4.80. The third-order valence-corrected chi connectivity index (χ3v) is 4.98. The summed E-state index contributed by atoms with van der Waals surface area (Å²) >= 11 is 0. The zero-order valence-electron chi connectivity index (χ0n) is 14.7. The lowest BCUT2D eigenvalue weighted by Crippen LogP contribution is -2.46. The Hall–Kier alpha value is -2.19. The lowest BCUT2D eigenvalue weighted by molar-refractivity contribution is 0.122. The molecule has 4 rings (SSSR count). The van der Waals surface area contributed by atoms with Gasteiger partial charge in [0.15, 0.2) is 0 Å². The Labute approximate surface area is 148 Å². The zero-order valence-corrected chi connectivity index (χ0v) is 14.7. The molecule has 2 aromatic heterocycles. The molecule has 0 bridgehead atoms. The molecule has 2 aromatic rings. The normalized spacial score (nSPS) is 19.4. The molecule has 0 aliphatic carbocycles. The van der Waals surface area contributed by atoms with E-state index in [0.717, 1.165) is 70.7 Å². The lowest BCUT2D eigenvalue weighted by Gasteiger charge is -2.35. The van der Waals surface area contributed by atoms with Gasteiger partial charge in [0, 0.05) is 65.1 Å². The summed E-state index contributed by atoms with van der Waals surface area (Å²) in [7, 11) is 2.00. The maximum absolute atomic E-state index is 5.42. The molecule has 25 heavy (non-hydrogen) atoms. The van der Waals surface area contributed by atoms with Crippen LogP contribution in [0.2, 0.25) is 0 Å². The van der Waals surface area contributed by atoms with Gasteiger partial charge in [-0.25, -0.2) is 9.97 Å². The number of piperazine rings is 1. The SMILES string of the molecule is Cn1nccc1CN1CCN(c2cc(N3CCOCC3)ncn2)CC1. The Morgan fingerprint density at radius 1 is 0.960 bits per heavy atom. The maximum Gasteiger partial charge on any atom is 0.134 e. The van der Waals surface area contributed by atoms with Gasteiger partial charge in [0.25, 0.3) is 0 Å². The van der Waals surface area contributed by atoms with Gasteiger partial charge in [-0.05, 0) is 6.07 Å². The highest BCUT2D eigenvalue weighted by Gasteiger charge is 2.20. The minimum Gasteiger partial charge on any atom is -0.378 e. The van der Waals surface area contributed by atoms with Crippen molar-refractivity contribution in [2.75, 3.05) is 62.3 Å². The van der Waals surface area contributed by atoms with Crippen LogP contribution in [-0.2, 0) is 18.3 Å². The Morgan fingerprint density at radius 3 is 2.28 bits per heavy atom. The molecule has 134 valence electrons. The Balaban J connectivity index is 1.36. The fourth-order valence-corrected chi connectivity index (χ4v) is 3.40. The highest BCUT2D eigenvalue weighted by Crippen LogP contribution is 2.20. The van der Waals surface area contributed by atoms with Crippen LogP contribution in [0.1, 0.15) is 5.69 Å². The number of rotatable bonds is 4. The van der Waals surface area contributed by atoms with E-state index >= 15 is 0 Å². The van der Waals surface area contributed by atoms with Crippen molar-refractivity contribution in [3.8, 4) is 0 Å². The highest BCUT2D eigenvalue weighted by molar-refractivity contribution is 5.50. The molecule has 4 heterocycles. The molecule has 0 N–H and O–H groups in total. The second-order valence-electron chi connectivity index (χ2n) is 6.54. The Bertz CT molecular complexity index is 690. The van der Waals surface area contributed by atoms with Gasteiger partial charge in [-0.3, -0.25) is 9.58 Å². The molecule has 8 nitrogen and oxygen atoms in total. The molecular formula is C17H25N7O. The molecule has 0 aromatic carbocycles. The molecule has 2 aliphatic rings. The molecule has 0 radical (unpaired) electrons. The molecule has 0 amide bonds. The number of hydrogen-bond donors (Lipinski definition) is 0. The first-order chi connectivity index (χ1) is 12.3. The van der Waals surface area contributed by atoms with E-state index in [2.05, 4.69) is 41.9 Å². The van der Waals surface area contributed by atoms with Crippen molar-refractivity contribution >= 4 is 11.6 Å². The van der Waals surface area contributed by atoms with Gasteiger partial charge in [-0.2, -0.15) is 5.10 Å². The number of morpholine rings is 1. The summed E-state index contributed by atoms with van der Waals surface area (Å²) in [5.41, 5.74) is 1.25. The summed E-state index contributed by atoms with van der Waals surface area (Å²) in [5, 5.41) is 4.25. The van der Waals surface area contributed by atoms with E-state index in [4.69, 9.17) is 4.74 Å². The summed E-state index contributed by atoms with van der Waals surface area (Å²) in [4.78, 5) is 16.0. The van der Waals surface area contributed by atoms with Gasteiger partial charge < -0.3 is 14.5 Å². The molecule has 2 saturated heterocycles. The second kappa shape index (κ2) is 7.37. The monoisotopic (exact) mass is 343 g/mol. The van der Waals surface area contributed by atoms with Crippen molar-refractivity contribution in [1.29, 1.82) is 0 Å². The minimum atomic E-state index is 0.770. The summed E-state index contributed by atoms with van der Waals surface area (Å²) in [6, 6.07) is 4.20. The molecule has 0 atom stereocenters. The molecule has 0 spiro atoms. The van der Waals surface area contributed by atoms with Crippen LogP contribution in [0.25, 0.3) is 0 Å². The largest absolute Gasteiger partial charge is 0.378 e. The third kappa shape index (κ3) is 3.74. The number of aryl methyl sites for hydroxylation is 1. The van der Waals surface area contributed by atoms with Gasteiger partial charge in [-0.15, -0.1) is 0 Å². The fraction of sp³-hybridized carbons (Fsp3) is 0.588. The van der Waals surface area contributed by atoms with Gasteiger partial charge in [0.05, 0.1) is 18.9 Å². The van der Waals surface area contributed by atoms with Crippen LogP contribution in [0, 0.1) is 0 Å². The van der Waals surface area contributed by atoms with Gasteiger partial charge >= 0.3 is 0 Å². The average Bonchev–Trinajstić information content (AvgIpc) is 3.08. The molecular weight excluding hydrogens is 318 g/mol. The van der Waals surface area contributed by atoms with Crippen molar-refractivity contribution in [3.63, 3.8) is 0 Å². The van der Waals surface area contributed by atoms with Crippen LogP contribution in [0.15, 0.2) is 24.7 Å².